The van der Waals surface area contributed by atoms with Gasteiger partial charge in [0, 0.05) is 12.0 Å². The lowest BCUT2D eigenvalue weighted by Gasteiger charge is -2.19. The molecule has 0 bridgehead atoms. The summed E-state index contributed by atoms with van der Waals surface area (Å²) in [6, 6.07) is 0.374. The average Bonchev–Trinajstić information content (AvgIpc) is 2.71. The predicted octanol–water partition coefficient (Wildman–Crippen LogP) is 1.70. The Hall–Kier alpha value is -0.280. The molecule has 4 unspecified atom stereocenters. The van der Waals surface area contributed by atoms with Gasteiger partial charge in [-0.2, -0.15) is 0 Å². The third-order valence-electron chi connectivity index (χ3n) is 5.00. The number of hydrogen-bond acceptors (Lipinski definition) is 2. The van der Waals surface area contributed by atoms with Crippen LogP contribution >= 0.6 is 12.4 Å². The topological polar surface area (TPSA) is 55.1 Å². The van der Waals surface area contributed by atoms with Crippen LogP contribution in [0.15, 0.2) is 0 Å². The fourth-order valence-electron chi connectivity index (χ4n) is 4.00. The molecule has 3 fully saturated rings. The Morgan fingerprint density at radius 1 is 1.12 bits per heavy atom. The second-order valence-corrected chi connectivity index (χ2v) is 5.83. The summed E-state index contributed by atoms with van der Waals surface area (Å²) in [7, 11) is 0. The van der Waals surface area contributed by atoms with Crippen LogP contribution in [0.1, 0.15) is 38.5 Å². The van der Waals surface area contributed by atoms with Crippen LogP contribution in [-0.2, 0) is 4.79 Å². The molecule has 3 rings (SSSR count). The Bertz CT molecular complexity index is 287. The minimum Gasteiger partial charge on any atom is -0.353 e. The van der Waals surface area contributed by atoms with Crippen LogP contribution in [-0.4, -0.2) is 18.5 Å². The molecule has 1 amide bonds. The van der Waals surface area contributed by atoms with Crippen molar-refractivity contribution in [2.75, 3.05) is 6.54 Å². The van der Waals surface area contributed by atoms with Gasteiger partial charge in [-0.05, 0) is 50.0 Å². The van der Waals surface area contributed by atoms with Crippen molar-refractivity contribution < 1.29 is 4.79 Å². The van der Waals surface area contributed by atoms with E-state index in [1.54, 1.807) is 0 Å². The Morgan fingerprint density at radius 2 is 1.76 bits per heavy atom. The molecule has 3 N–H and O–H groups in total. The largest absolute Gasteiger partial charge is 0.353 e. The molecule has 98 valence electrons. The highest BCUT2D eigenvalue weighted by Gasteiger charge is 2.56. The molecule has 0 aromatic carbocycles. The highest BCUT2D eigenvalue weighted by Crippen LogP contribution is 2.57. The number of halogens is 1. The van der Waals surface area contributed by atoms with Crippen LogP contribution in [0.2, 0.25) is 0 Å². The smallest absolute Gasteiger partial charge is 0.223 e. The molecule has 3 nitrogen and oxygen atoms in total. The number of rotatable bonds is 3. The first kappa shape index (κ1) is 13.2. The molecule has 3 aliphatic carbocycles. The van der Waals surface area contributed by atoms with Crippen molar-refractivity contribution in [1.82, 2.24) is 5.32 Å². The maximum atomic E-state index is 12.1. The van der Waals surface area contributed by atoms with Gasteiger partial charge in [0.1, 0.15) is 0 Å². The summed E-state index contributed by atoms with van der Waals surface area (Å²) in [5.74, 6) is 2.70. The van der Waals surface area contributed by atoms with Crippen molar-refractivity contribution in [3.05, 3.63) is 0 Å². The minimum absolute atomic E-state index is 0. The lowest BCUT2D eigenvalue weighted by molar-refractivity contribution is -0.124. The van der Waals surface area contributed by atoms with Crippen LogP contribution in [0.5, 0.6) is 0 Å². The zero-order chi connectivity index (χ0) is 11.1. The quantitative estimate of drug-likeness (QED) is 0.810. The number of nitrogens with one attached hydrogen (secondary N) is 1. The average molecular weight is 259 g/mol. The van der Waals surface area contributed by atoms with E-state index in [9.17, 15) is 4.79 Å². The van der Waals surface area contributed by atoms with Gasteiger partial charge in [-0.25, -0.2) is 0 Å². The highest BCUT2D eigenvalue weighted by atomic mass is 35.5. The number of amides is 1. The maximum absolute atomic E-state index is 12.1. The molecule has 4 heteroatoms. The van der Waals surface area contributed by atoms with E-state index in [0.29, 0.717) is 23.8 Å². The molecule has 0 radical (unpaired) electrons. The molecule has 17 heavy (non-hydrogen) atoms. The van der Waals surface area contributed by atoms with Gasteiger partial charge in [-0.1, -0.05) is 12.8 Å². The molecule has 0 heterocycles. The van der Waals surface area contributed by atoms with E-state index in [1.807, 2.05) is 0 Å². The molecule has 3 saturated carbocycles. The van der Waals surface area contributed by atoms with Crippen LogP contribution < -0.4 is 11.1 Å². The molecule has 4 atom stereocenters. The van der Waals surface area contributed by atoms with Crippen molar-refractivity contribution >= 4 is 18.3 Å². The van der Waals surface area contributed by atoms with Crippen molar-refractivity contribution in [1.29, 1.82) is 0 Å². The van der Waals surface area contributed by atoms with Gasteiger partial charge in [0.25, 0.3) is 0 Å². The standard InChI is InChI=1S/C13H22N2O.ClH/c14-7-8-3-1-6-11(8)15-13(16)12-9-4-2-5-10(9)12;/h8-12H,1-7,14H2,(H,15,16);1H. The van der Waals surface area contributed by atoms with Crippen LogP contribution in [0, 0.1) is 23.7 Å². The van der Waals surface area contributed by atoms with Gasteiger partial charge in [0.15, 0.2) is 0 Å². The summed E-state index contributed by atoms with van der Waals surface area (Å²) < 4.78 is 0. The second kappa shape index (κ2) is 5.15. The van der Waals surface area contributed by atoms with E-state index in [1.165, 1.54) is 32.1 Å². The molecular formula is C13H23ClN2O. The normalized spacial score (nSPS) is 42.8. The molecule has 0 saturated heterocycles. The number of carbonyl (C=O) groups is 1. The van der Waals surface area contributed by atoms with Crippen molar-refractivity contribution in [3.63, 3.8) is 0 Å². The molecule has 0 aromatic rings. The monoisotopic (exact) mass is 258 g/mol. The fourth-order valence-corrected chi connectivity index (χ4v) is 4.00. The lowest BCUT2D eigenvalue weighted by atomic mass is 10.0. The Morgan fingerprint density at radius 3 is 2.41 bits per heavy atom. The summed E-state index contributed by atoms with van der Waals surface area (Å²) >= 11 is 0. The summed E-state index contributed by atoms with van der Waals surface area (Å²) in [4.78, 5) is 12.1. The van der Waals surface area contributed by atoms with E-state index in [0.717, 1.165) is 24.8 Å². The van der Waals surface area contributed by atoms with E-state index >= 15 is 0 Å². The van der Waals surface area contributed by atoms with Gasteiger partial charge >= 0.3 is 0 Å². The van der Waals surface area contributed by atoms with Gasteiger partial charge in [0.2, 0.25) is 5.91 Å². The third kappa shape index (κ3) is 2.32. The van der Waals surface area contributed by atoms with Crippen LogP contribution in [0.4, 0.5) is 0 Å². The maximum Gasteiger partial charge on any atom is 0.223 e. The van der Waals surface area contributed by atoms with Crippen molar-refractivity contribution in [2.24, 2.45) is 29.4 Å². The van der Waals surface area contributed by atoms with Crippen LogP contribution in [0.25, 0.3) is 0 Å². The van der Waals surface area contributed by atoms with Crippen molar-refractivity contribution in [2.45, 2.75) is 44.6 Å². The number of nitrogens with two attached hydrogens (primary N) is 1. The third-order valence-corrected chi connectivity index (χ3v) is 5.00. The first-order valence-electron chi connectivity index (χ1n) is 6.81. The Kier molecular flexibility index (Phi) is 3.99. The summed E-state index contributed by atoms with van der Waals surface area (Å²) in [5.41, 5.74) is 5.73. The van der Waals surface area contributed by atoms with E-state index < -0.39 is 0 Å². The molecule has 0 aliphatic heterocycles. The molecular weight excluding hydrogens is 236 g/mol. The predicted molar refractivity (Wildman–Crippen MR) is 69.9 cm³/mol. The van der Waals surface area contributed by atoms with Gasteiger partial charge in [-0.15, -0.1) is 12.4 Å². The van der Waals surface area contributed by atoms with Gasteiger partial charge < -0.3 is 11.1 Å². The first-order valence-corrected chi connectivity index (χ1v) is 6.81. The van der Waals surface area contributed by atoms with E-state index in [-0.39, 0.29) is 12.4 Å². The summed E-state index contributed by atoms with van der Waals surface area (Å²) in [6.45, 7) is 0.725. The Balaban J connectivity index is 0.00000108. The zero-order valence-electron chi connectivity index (χ0n) is 10.2. The van der Waals surface area contributed by atoms with Crippen molar-refractivity contribution in [3.8, 4) is 0 Å². The number of hydrogen-bond donors (Lipinski definition) is 2. The van der Waals surface area contributed by atoms with E-state index in [4.69, 9.17) is 5.73 Å². The van der Waals surface area contributed by atoms with Gasteiger partial charge in [0.05, 0.1) is 0 Å². The SMILES string of the molecule is Cl.NCC1CCCC1NC(=O)C1C2CCCC21. The summed E-state index contributed by atoms with van der Waals surface area (Å²) in [6.07, 6.45) is 7.47. The highest BCUT2D eigenvalue weighted by molar-refractivity contribution is 5.85. The second-order valence-electron chi connectivity index (χ2n) is 5.83. The lowest BCUT2D eigenvalue weighted by Crippen LogP contribution is -2.41. The number of fused-ring (bicyclic) bond motifs is 1. The molecule has 3 aliphatic rings. The summed E-state index contributed by atoms with van der Waals surface area (Å²) in [5, 5.41) is 3.25. The zero-order valence-corrected chi connectivity index (χ0v) is 11.0. The molecule has 0 aromatic heterocycles. The fraction of sp³-hybridized carbons (Fsp3) is 0.923. The van der Waals surface area contributed by atoms with Gasteiger partial charge in [-0.3, -0.25) is 4.79 Å². The number of carbonyl (C=O) groups excluding carboxylic acids is 1. The Labute approximate surface area is 109 Å². The minimum atomic E-state index is 0. The van der Waals surface area contributed by atoms with Crippen LogP contribution in [0.3, 0.4) is 0 Å². The first-order chi connectivity index (χ1) is 7.81. The molecule has 0 spiro atoms. The van der Waals surface area contributed by atoms with E-state index in [2.05, 4.69) is 5.32 Å².